The van der Waals surface area contributed by atoms with E-state index in [1.165, 1.54) is 15.8 Å². The number of carbonyl (C=O) groups excluding carboxylic acids is 1. The van der Waals surface area contributed by atoms with Crippen molar-refractivity contribution in [1.82, 2.24) is 19.6 Å². The molecule has 1 aromatic heterocycles. The van der Waals surface area contributed by atoms with Gasteiger partial charge in [0.1, 0.15) is 11.4 Å². The maximum Gasteiger partial charge on any atom is 0.297 e. The van der Waals surface area contributed by atoms with Crippen LogP contribution in [0.5, 0.6) is 5.75 Å². The number of benzene rings is 2. The normalized spacial score (nSPS) is 16.4. The highest BCUT2D eigenvalue weighted by atomic mass is 16.5. The molecule has 0 N–H and O–H groups in total. The second-order valence-corrected chi connectivity index (χ2v) is 14.7. The number of rotatable bonds is 12. The van der Waals surface area contributed by atoms with Crippen molar-refractivity contribution in [2.45, 2.75) is 78.1 Å². The summed E-state index contributed by atoms with van der Waals surface area (Å²) in [5.41, 5.74) is 4.91. The fourth-order valence-corrected chi connectivity index (χ4v) is 6.51. The number of aromatic nitrogens is 2. The van der Waals surface area contributed by atoms with E-state index in [9.17, 15) is 9.59 Å². The van der Waals surface area contributed by atoms with Gasteiger partial charge in [0.05, 0.1) is 24.2 Å². The number of carbonyl (C=O) groups is 1. The van der Waals surface area contributed by atoms with Crippen LogP contribution >= 0.6 is 0 Å². The molecule has 2 aromatic carbocycles. The van der Waals surface area contributed by atoms with Crippen LogP contribution < -0.4 is 20.1 Å². The molecule has 1 amide bonds. The fourth-order valence-electron chi connectivity index (χ4n) is 6.51. The van der Waals surface area contributed by atoms with Gasteiger partial charge in [-0.2, -0.15) is 9.78 Å². The lowest BCUT2D eigenvalue weighted by molar-refractivity contribution is -0.131. The first-order valence-electron chi connectivity index (χ1n) is 17.9. The Bertz CT molecular complexity index is 1580. The Morgan fingerprint density at radius 2 is 1.48 bits per heavy atom. The lowest BCUT2D eigenvalue weighted by Gasteiger charge is -2.39. The number of amides is 1. The Labute approximate surface area is 287 Å². The first kappa shape index (κ1) is 35.5. The molecule has 0 radical (unpaired) electrons. The fraction of sp³-hybridized carbons (Fsp3) is 0.564. The van der Waals surface area contributed by atoms with E-state index in [0.717, 1.165) is 56.1 Å². The van der Waals surface area contributed by atoms with Gasteiger partial charge >= 0.3 is 0 Å². The number of anilines is 2. The molecule has 0 bridgehead atoms. The van der Waals surface area contributed by atoms with Crippen molar-refractivity contribution in [3.05, 3.63) is 76.2 Å². The maximum atomic E-state index is 13.9. The second-order valence-electron chi connectivity index (χ2n) is 14.7. The standard InChI is InChI=1S/C39H56N6O3/c1-8-38(3,4)30-17-18-34(32(28-30)39(5,6)9-2)48-27-13-16-35(46)43-25-23-42(24-26-43)33-29-40-45(31-14-11-10-12-15-31)37(47)36(33)44-21-19-41(7)20-22-44/h10-12,14-15,17-18,28-29H,8-9,13,16,19-27H2,1-7H3. The lowest BCUT2D eigenvalue weighted by Crippen LogP contribution is -2.51. The number of hydrogen-bond donors (Lipinski definition) is 0. The van der Waals surface area contributed by atoms with Crippen LogP contribution in [-0.2, 0) is 15.6 Å². The predicted octanol–water partition coefficient (Wildman–Crippen LogP) is 5.87. The highest BCUT2D eigenvalue weighted by Crippen LogP contribution is 2.38. The minimum Gasteiger partial charge on any atom is -0.493 e. The van der Waals surface area contributed by atoms with Crippen molar-refractivity contribution in [3.8, 4) is 11.4 Å². The topological polar surface area (TPSA) is 74.1 Å². The third kappa shape index (κ3) is 7.88. The van der Waals surface area contributed by atoms with Crippen LogP contribution in [-0.4, -0.2) is 91.5 Å². The van der Waals surface area contributed by atoms with E-state index in [1.807, 2.05) is 41.4 Å². The summed E-state index contributed by atoms with van der Waals surface area (Å²) in [5, 5.41) is 4.60. The van der Waals surface area contributed by atoms with Crippen molar-refractivity contribution < 1.29 is 9.53 Å². The van der Waals surface area contributed by atoms with Crippen molar-refractivity contribution in [2.24, 2.45) is 0 Å². The Balaban J connectivity index is 1.21. The van der Waals surface area contributed by atoms with Gasteiger partial charge in [0, 0.05) is 64.3 Å². The Kier molecular flexibility index (Phi) is 11.2. The first-order valence-corrected chi connectivity index (χ1v) is 17.9. The molecule has 3 aromatic rings. The molecule has 9 heteroatoms. The Morgan fingerprint density at radius 1 is 0.833 bits per heavy atom. The molecule has 0 saturated carbocycles. The van der Waals surface area contributed by atoms with Crippen LogP contribution in [0.25, 0.3) is 5.69 Å². The van der Waals surface area contributed by atoms with Crippen LogP contribution in [0.1, 0.15) is 78.4 Å². The molecule has 2 saturated heterocycles. The molecule has 0 aliphatic carbocycles. The number of likely N-dealkylation sites (N-methyl/N-ethyl adjacent to an activating group) is 1. The van der Waals surface area contributed by atoms with E-state index < -0.39 is 0 Å². The lowest BCUT2D eigenvalue weighted by atomic mass is 9.76. The van der Waals surface area contributed by atoms with Gasteiger partial charge in [0.2, 0.25) is 5.91 Å². The Morgan fingerprint density at radius 3 is 2.12 bits per heavy atom. The van der Waals surface area contributed by atoms with Crippen molar-refractivity contribution in [2.75, 3.05) is 75.8 Å². The van der Waals surface area contributed by atoms with E-state index in [-0.39, 0.29) is 22.3 Å². The maximum absolute atomic E-state index is 13.9. The quantitative estimate of drug-likeness (QED) is 0.226. The molecular weight excluding hydrogens is 600 g/mol. The number of hydrogen-bond acceptors (Lipinski definition) is 7. The molecule has 9 nitrogen and oxygen atoms in total. The summed E-state index contributed by atoms with van der Waals surface area (Å²) < 4.78 is 7.85. The van der Waals surface area contributed by atoms with Crippen molar-refractivity contribution in [1.29, 1.82) is 0 Å². The zero-order chi connectivity index (χ0) is 34.5. The van der Waals surface area contributed by atoms with E-state index in [0.29, 0.717) is 51.3 Å². The van der Waals surface area contributed by atoms with Crippen LogP contribution in [0.4, 0.5) is 11.4 Å². The molecule has 0 unspecified atom stereocenters. The first-order chi connectivity index (χ1) is 22.9. The molecule has 48 heavy (non-hydrogen) atoms. The molecule has 0 atom stereocenters. The molecule has 2 fully saturated rings. The number of para-hydroxylation sites is 1. The van der Waals surface area contributed by atoms with Gasteiger partial charge in [-0.15, -0.1) is 0 Å². The van der Waals surface area contributed by atoms with Crippen molar-refractivity contribution in [3.63, 3.8) is 0 Å². The van der Waals surface area contributed by atoms with Gasteiger partial charge in [-0.3, -0.25) is 9.59 Å². The van der Waals surface area contributed by atoms with Crippen LogP contribution in [0.2, 0.25) is 0 Å². The monoisotopic (exact) mass is 656 g/mol. The second kappa shape index (κ2) is 15.1. The van der Waals surface area contributed by atoms with E-state index in [4.69, 9.17) is 4.74 Å². The number of ether oxygens (including phenoxy) is 1. The zero-order valence-corrected chi connectivity index (χ0v) is 30.3. The number of piperazine rings is 2. The van der Waals surface area contributed by atoms with Gasteiger partial charge in [-0.1, -0.05) is 71.9 Å². The minimum atomic E-state index is -0.101. The van der Waals surface area contributed by atoms with Gasteiger partial charge < -0.3 is 24.3 Å². The smallest absolute Gasteiger partial charge is 0.297 e. The molecule has 0 spiro atoms. The average molecular weight is 657 g/mol. The van der Waals surface area contributed by atoms with Gasteiger partial charge in [-0.25, -0.2) is 0 Å². The third-order valence-corrected chi connectivity index (χ3v) is 10.8. The summed E-state index contributed by atoms with van der Waals surface area (Å²) in [6, 6.07) is 16.3. The predicted molar refractivity (Wildman–Crippen MR) is 196 cm³/mol. The van der Waals surface area contributed by atoms with Gasteiger partial charge in [-0.05, 0) is 60.9 Å². The average Bonchev–Trinajstić information content (AvgIpc) is 3.10. The number of nitrogens with zero attached hydrogens (tertiary/aromatic N) is 6. The molecule has 260 valence electrons. The largest absolute Gasteiger partial charge is 0.493 e. The van der Waals surface area contributed by atoms with Crippen LogP contribution in [0, 0.1) is 0 Å². The Hall–Kier alpha value is -3.85. The minimum absolute atomic E-state index is 0.00218. The molecule has 3 heterocycles. The summed E-state index contributed by atoms with van der Waals surface area (Å²) in [5.74, 6) is 1.09. The summed E-state index contributed by atoms with van der Waals surface area (Å²) in [6.45, 7) is 20.0. The van der Waals surface area contributed by atoms with Crippen LogP contribution in [0.15, 0.2) is 59.5 Å². The summed E-state index contributed by atoms with van der Waals surface area (Å²) in [6.07, 6.45) is 5.05. The van der Waals surface area contributed by atoms with Gasteiger partial charge in [0.25, 0.3) is 5.56 Å². The highest BCUT2D eigenvalue weighted by molar-refractivity contribution is 5.77. The van der Waals surface area contributed by atoms with Crippen molar-refractivity contribution >= 4 is 17.3 Å². The zero-order valence-electron chi connectivity index (χ0n) is 30.3. The summed E-state index contributed by atoms with van der Waals surface area (Å²) in [7, 11) is 2.12. The van der Waals surface area contributed by atoms with E-state index in [2.05, 4.69) is 86.6 Å². The van der Waals surface area contributed by atoms with Crippen LogP contribution in [0.3, 0.4) is 0 Å². The molecule has 5 rings (SSSR count). The summed E-state index contributed by atoms with van der Waals surface area (Å²) in [4.78, 5) is 35.9. The van der Waals surface area contributed by atoms with E-state index in [1.54, 1.807) is 0 Å². The molecule has 2 aliphatic rings. The van der Waals surface area contributed by atoms with E-state index >= 15 is 0 Å². The third-order valence-electron chi connectivity index (χ3n) is 10.8. The SMILES string of the molecule is CCC(C)(C)c1ccc(OCCCC(=O)N2CCN(c3cnn(-c4ccccc4)c(=O)c3N3CCN(C)CC3)CC2)c(C(C)(C)CC)c1. The molecular formula is C39H56N6O3. The molecule has 2 aliphatic heterocycles. The van der Waals surface area contributed by atoms with Gasteiger partial charge in [0.15, 0.2) is 0 Å². The highest BCUT2D eigenvalue weighted by Gasteiger charge is 2.29. The summed E-state index contributed by atoms with van der Waals surface area (Å²) >= 11 is 0.